The van der Waals surface area contributed by atoms with Crippen LogP contribution in [0.4, 0.5) is 0 Å². The molecule has 1 aliphatic rings. The van der Waals surface area contributed by atoms with Crippen LogP contribution in [0.2, 0.25) is 0 Å². The highest BCUT2D eigenvalue weighted by Gasteiger charge is 2.24. The summed E-state index contributed by atoms with van der Waals surface area (Å²) in [5.41, 5.74) is 0. The molecule has 0 N–H and O–H groups in total. The molecule has 1 rings (SSSR count). The molecule has 20 heavy (non-hydrogen) atoms. The molecule has 4 heteroatoms. The summed E-state index contributed by atoms with van der Waals surface area (Å²) in [6.07, 6.45) is 7.51. The van der Waals surface area contributed by atoms with Crippen molar-refractivity contribution in [3.05, 3.63) is 0 Å². The Bertz CT molecular complexity index is 304. The Morgan fingerprint density at radius 1 is 1.15 bits per heavy atom. The van der Waals surface area contributed by atoms with Gasteiger partial charge in [-0.15, -0.1) is 0 Å². The van der Waals surface area contributed by atoms with E-state index in [0.29, 0.717) is 12.8 Å². The minimum Gasteiger partial charge on any atom is -0.461 e. The molecule has 4 nitrogen and oxygen atoms in total. The molecular formula is C16H29NO3. The van der Waals surface area contributed by atoms with Gasteiger partial charge in [-0.3, -0.25) is 9.69 Å². The summed E-state index contributed by atoms with van der Waals surface area (Å²) in [6, 6.07) is 0. The van der Waals surface area contributed by atoms with Gasteiger partial charge in [-0.2, -0.15) is 0 Å². The molecule has 1 saturated heterocycles. The summed E-state index contributed by atoms with van der Waals surface area (Å²) in [4.78, 5) is 24.7. The third kappa shape index (κ3) is 7.63. The monoisotopic (exact) mass is 283 g/mol. The maximum Gasteiger partial charge on any atom is 0.306 e. The van der Waals surface area contributed by atoms with Crippen LogP contribution in [-0.4, -0.2) is 42.4 Å². The van der Waals surface area contributed by atoms with Crippen LogP contribution in [0.3, 0.4) is 0 Å². The summed E-state index contributed by atoms with van der Waals surface area (Å²) in [5.74, 6) is 0.241. The van der Waals surface area contributed by atoms with Gasteiger partial charge in [-0.25, -0.2) is 0 Å². The third-order valence-electron chi connectivity index (χ3n) is 3.76. The minimum atomic E-state index is -0.0415. The number of carbonyl (C=O) groups is 2. The van der Waals surface area contributed by atoms with E-state index in [2.05, 4.69) is 11.8 Å². The predicted molar refractivity (Wildman–Crippen MR) is 79.6 cm³/mol. The number of unbranched alkanes of at least 4 members (excludes halogenated alkanes) is 3. The molecule has 0 aromatic rings. The van der Waals surface area contributed by atoms with E-state index in [1.807, 2.05) is 0 Å². The van der Waals surface area contributed by atoms with E-state index in [-0.39, 0.29) is 17.9 Å². The van der Waals surface area contributed by atoms with Crippen molar-refractivity contribution >= 4 is 11.8 Å². The number of esters is 1. The molecule has 0 radical (unpaired) electrons. The second-order valence-electron chi connectivity index (χ2n) is 5.82. The van der Waals surface area contributed by atoms with Gasteiger partial charge in [0.15, 0.2) is 0 Å². The Kier molecular flexibility index (Phi) is 8.51. The summed E-state index contributed by atoms with van der Waals surface area (Å²) in [6.45, 7) is 6.69. The van der Waals surface area contributed by atoms with Gasteiger partial charge in [-0.1, -0.05) is 19.8 Å². The van der Waals surface area contributed by atoms with Crippen LogP contribution < -0.4 is 0 Å². The first-order valence-electron chi connectivity index (χ1n) is 8.03. The van der Waals surface area contributed by atoms with E-state index < -0.39 is 0 Å². The largest absolute Gasteiger partial charge is 0.461 e. The summed E-state index contributed by atoms with van der Waals surface area (Å²) < 4.78 is 5.48. The van der Waals surface area contributed by atoms with E-state index in [9.17, 15) is 9.59 Å². The Balaban J connectivity index is 2.04. The molecule has 0 amide bonds. The molecule has 1 unspecified atom stereocenters. The highest BCUT2D eigenvalue weighted by molar-refractivity contribution is 5.75. The zero-order valence-electron chi connectivity index (χ0n) is 13.0. The fourth-order valence-electron chi connectivity index (χ4n) is 2.55. The lowest BCUT2D eigenvalue weighted by Crippen LogP contribution is -2.25. The Morgan fingerprint density at radius 3 is 2.65 bits per heavy atom. The van der Waals surface area contributed by atoms with Crippen molar-refractivity contribution in [2.45, 2.75) is 71.3 Å². The number of ether oxygens (including phenoxy) is 1. The summed E-state index contributed by atoms with van der Waals surface area (Å²) in [5, 5.41) is 0. The summed E-state index contributed by atoms with van der Waals surface area (Å²) in [7, 11) is 0. The van der Waals surface area contributed by atoms with Crippen LogP contribution >= 0.6 is 0 Å². The van der Waals surface area contributed by atoms with Gasteiger partial charge in [0.1, 0.15) is 11.9 Å². The van der Waals surface area contributed by atoms with Crippen molar-refractivity contribution in [3.63, 3.8) is 0 Å². The highest BCUT2D eigenvalue weighted by Crippen LogP contribution is 2.15. The quantitative estimate of drug-likeness (QED) is 0.457. The molecular weight excluding hydrogens is 254 g/mol. The van der Waals surface area contributed by atoms with Crippen molar-refractivity contribution in [2.24, 2.45) is 0 Å². The van der Waals surface area contributed by atoms with E-state index >= 15 is 0 Å². The van der Waals surface area contributed by atoms with Crippen LogP contribution in [0.1, 0.15) is 65.2 Å². The standard InChI is InChI=1S/C16H29NO3/c1-3-4-9-16(19)20-15-10-12-17(13-15)11-7-5-6-8-14(2)18/h15H,3-13H2,1-2H3. The molecule has 1 aliphatic heterocycles. The maximum absolute atomic E-state index is 11.6. The number of rotatable bonds is 10. The van der Waals surface area contributed by atoms with Crippen LogP contribution in [0.15, 0.2) is 0 Å². The third-order valence-corrected chi connectivity index (χ3v) is 3.76. The number of likely N-dealkylation sites (tertiary alicyclic amines) is 1. The van der Waals surface area contributed by atoms with Gasteiger partial charge in [0.25, 0.3) is 0 Å². The van der Waals surface area contributed by atoms with Crippen molar-refractivity contribution in [2.75, 3.05) is 19.6 Å². The molecule has 1 fully saturated rings. The first kappa shape index (κ1) is 17.2. The zero-order chi connectivity index (χ0) is 14.8. The average Bonchev–Trinajstić information content (AvgIpc) is 2.83. The van der Waals surface area contributed by atoms with Crippen LogP contribution in [0, 0.1) is 0 Å². The van der Waals surface area contributed by atoms with E-state index in [1.165, 1.54) is 0 Å². The van der Waals surface area contributed by atoms with E-state index in [1.54, 1.807) is 6.92 Å². The number of carbonyl (C=O) groups excluding carboxylic acids is 2. The van der Waals surface area contributed by atoms with Gasteiger partial charge < -0.3 is 9.53 Å². The first-order valence-corrected chi connectivity index (χ1v) is 8.03. The highest BCUT2D eigenvalue weighted by atomic mass is 16.5. The van der Waals surface area contributed by atoms with Crippen LogP contribution in [0.25, 0.3) is 0 Å². The lowest BCUT2D eigenvalue weighted by molar-refractivity contribution is -0.148. The molecule has 0 saturated carbocycles. The Morgan fingerprint density at radius 2 is 1.95 bits per heavy atom. The first-order chi connectivity index (χ1) is 9.61. The lowest BCUT2D eigenvalue weighted by Gasteiger charge is -2.16. The van der Waals surface area contributed by atoms with Gasteiger partial charge in [0.05, 0.1) is 0 Å². The molecule has 0 aromatic heterocycles. The topological polar surface area (TPSA) is 46.6 Å². The molecule has 0 aliphatic carbocycles. The van der Waals surface area contributed by atoms with Crippen molar-refractivity contribution < 1.29 is 14.3 Å². The second-order valence-corrected chi connectivity index (χ2v) is 5.82. The van der Waals surface area contributed by atoms with Gasteiger partial charge in [0.2, 0.25) is 0 Å². The average molecular weight is 283 g/mol. The Hall–Kier alpha value is -0.900. The van der Waals surface area contributed by atoms with Gasteiger partial charge in [0, 0.05) is 25.9 Å². The SMILES string of the molecule is CCCCC(=O)OC1CCN(CCCCCC(C)=O)C1. The van der Waals surface area contributed by atoms with Gasteiger partial charge >= 0.3 is 5.97 Å². The molecule has 0 bridgehead atoms. The zero-order valence-corrected chi connectivity index (χ0v) is 13.0. The fourth-order valence-corrected chi connectivity index (χ4v) is 2.55. The number of nitrogens with zero attached hydrogens (tertiary/aromatic N) is 1. The summed E-state index contributed by atoms with van der Waals surface area (Å²) >= 11 is 0. The molecule has 1 atom stereocenters. The number of hydrogen-bond acceptors (Lipinski definition) is 4. The van der Waals surface area contributed by atoms with Crippen molar-refractivity contribution in [1.29, 1.82) is 0 Å². The number of Topliss-reactive ketones (excluding diaryl/α,β-unsaturated/α-hetero) is 1. The molecule has 1 heterocycles. The maximum atomic E-state index is 11.6. The molecule has 116 valence electrons. The molecule has 0 aromatic carbocycles. The number of ketones is 1. The molecule has 0 spiro atoms. The smallest absolute Gasteiger partial charge is 0.306 e. The second kappa shape index (κ2) is 9.92. The van der Waals surface area contributed by atoms with Gasteiger partial charge in [-0.05, 0) is 39.2 Å². The lowest BCUT2D eigenvalue weighted by atomic mass is 10.1. The Labute approximate surface area is 122 Å². The van der Waals surface area contributed by atoms with Crippen molar-refractivity contribution in [3.8, 4) is 0 Å². The van der Waals surface area contributed by atoms with E-state index in [4.69, 9.17) is 4.74 Å². The minimum absolute atomic E-state index is 0.0415. The number of hydrogen-bond donors (Lipinski definition) is 0. The van der Waals surface area contributed by atoms with Crippen molar-refractivity contribution in [1.82, 2.24) is 4.90 Å². The normalized spacial score (nSPS) is 19.2. The predicted octanol–water partition coefficient (Wildman–Crippen LogP) is 2.94. The van der Waals surface area contributed by atoms with E-state index in [0.717, 1.165) is 58.2 Å². The van der Waals surface area contributed by atoms with Crippen LogP contribution in [-0.2, 0) is 14.3 Å². The fraction of sp³-hybridized carbons (Fsp3) is 0.875. The van der Waals surface area contributed by atoms with Crippen LogP contribution in [0.5, 0.6) is 0 Å².